The number of hydrogen-bond acceptors (Lipinski definition) is 3. The summed E-state index contributed by atoms with van der Waals surface area (Å²) in [7, 11) is 0. The average Bonchev–Trinajstić information content (AvgIpc) is 1.89. The number of aliphatic hydroxyl groups is 2. The molecule has 4 heteroatoms. The lowest BCUT2D eigenvalue weighted by Crippen LogP contribution is -1.99. The van der Waals surface area contributed by atoms with Crippen LogP contribution < -0.4 is 0 Å². The highest BCUT2D eigenvalue weighted by molar-refractivity contribution is 5.78. The zero-order valence-electron chi connectivity index (χ0n) is 5.82. The van der Waals surface area contributed by atoms with Crippen LogP contribution in [0.4, 0.5) is 0 Å². The summed E-state index contributed by atoms with van der Waals surface area (Å²) in [6.45, 7) is 4.66. The molecule has 0 bridgehead atoms. The van der Waals surface area contributed by atoms with Gasteiger partial charge in [0.25, 0.3) is 0 Å². The fourth-order valence-corrected chi connectivity index (χ4v) is 0. The highest BCUT2D eigenvalue weighted by atomic mass is 16.5. The number of carboxylic acid groups (broad SMARTS) is 1. The van der Waals surface area contributed by atoms with Gasteiger partial charge >= 0.3 is 5.97 Å². The molecule has 0 heterocycles. The van der Waals surface area contributed by atoms with Gasteiger partial charge in [0.05, 0.1) is 0 Å². The number of carbonyl (C=O) groups is 1. The Kier molecular flexibility index (Phi) is 9.65. The van der Waals surface area contributed by atoms with E-state index in [1.165, 1.54) is 0 Å². The van der Waals surface area contributed by atoms with Crippen molar-refractivity contribution in [3.8, 4) is 0 Å². The fraction of sp³-hybridized carbons (Fsp3) is 0.500. The van der Waals surface area contributed by atoms with Crippen LogP contribution in [-0.4, -0.2) is 27.6 Å². The Morgan fingerprint density at radius 3 is 1.90 bits per heavy atom. The summed E-state index contributed by atoms with van der Waals surface area (Å²) in [4.78, 5) is 9.25. The minimum absolute atomic E-state index is 0.417. The summed E-state index contributed by atoms with van der Waals surface area (Å²) in [6, 6.07) is 0. The van der Waals surface area contributed by atoms with Gasteiger partial charge in [0, 0.05) is 6.08 Å². The van der Waals surface area contributed by atoms with Gasteiger partial charge in [0.1, 0.15) is 0 Å². The van der Waals surface area contributed by atoms with Crippen LogP contribution in [-0.2, 0) is 4.79 Å². The highest BCUT2D eigenvalue weighted by Gasteiger charge is 1.83. The standard InChI is InChI=1S/C3H8O2.C3H4O2/c2*1-2-3(4)5/h3-5H,2H2,1H3;2H,1H2,(H,4,5). The van der Waals surface area contributed by atoms with Gasteiger partial charge in [0.15, 0.2) is 6.29 Å². The molecule has 4 nitrogen and oxygen atoms in total. The maximum absolute atomic E-state index is 9.25. The van der Waals surface area contributed by atoms with Crippen LogP contribution in [0.3, 0.4) is 0 Å². The second-order valence-corrected chi connectivity index (χ2v) is 1.43. The first-order chi connectivity index (χ1) is 4.54. The van der Waals surface area contributed by atoms with Crippen molar-refractivity contribution in [2.24, 2.45) is 0 Å². The molecule has 3 N–H and O–H groups in total. The van der Waals surface area contributed by atoms with Gasteiger partial charge in [0.2, 0.25) is 0 Å². The van der Waals surface area contributed by atoms with Gasteiger partial charge in [-0.15, -0.1) is 0 Å². The molecule has 0 unspecified atom stereocenters. The predicted octanol–water partition coefficient (Wildman–Crippen LogP) is -0.0359. The Hall–Kier alpha value is -0.870. The Bertz CT molecular complexity index is 97.9. The number of aliphatic hydroxyl groups excluding tert-OH is 1. The number of carboxylic acids is 1. The van der Waals surface area contributed by atoms with E-state index in [1.807, 2.05) is 0 Å². The summed E-state index contributed by atoms with van der Waals surface area (Å²) < 4.78 is 0. The molecule has 0 rings (SSSR count). The third kappa shape index (κ3) is 27.3. The molecule has 0 radical (unpaired) electrons. The van der Waals surface area contributed by atoms with Crippen molar-refractivity contribution in [2.75, 3.05) is 0 Å². The molecule has 60 valence electrons. The zero-order chi connectivity index (χ0) is 8.57. The third-order valence-electron chi connectivity index (χ3n) is 0.540. The zero-order valence-corrected chi connectivity index (χ0v) is 5.82. The third-order valence-corrected chi connectivity index (χ3v) is 0.540. The monoisotopic (exact) mass is 148 g/mol. The van der Waals surface area contributed by atoms with Crippen LogP contribution in [0, 0.1) is 0 Å². The van der Waals surface area contributed by atoms with Gasteiger partial charge in [-0.2, -0.15) is 0 Å². The summed E-state index contributed by atoms with van der Waals surface area (Å²) in [5, 5.41) is 23.4. The Morgan fingerprint density at radius 2 is 1.90 bits per heavy atom. The fourth-order valence-electron chi connectivity index (χ4n) is 0. The molecule has 0 amide bonds. The first-order valence-corrected chi connectivity index (χ1v) is 2.76. The first kappa shape index (κ1) is 11.9. The summed E-state index contributed by atoms with van der Waals surface area (Å²) in [5.41, 5.74) is 0. The molecule has 0 atom stereocenters. The molecule has 0 aliphatic heterocycles. The van der Waals surface area contributed by atoms with E-state index in [1.54, 1.807) is 6.92 Å². The van der Waals surface area contributed by atoms with Crippen LogP contribution in [0.15, 0.2) is 12.7 Å². The van der Waals surface area contributed by atoms with Crippen LogP contribution >= 0.6 is 0 Å². The summed E-state index contributed by atoms with van der Waals surface area (Å²) in [5.74, 6) is -0.981. The first-order valence-electron chi connectivity index (χ1n) is 2.76. The average molecular weight is 148 g/mol. The predicted molar refractivity (Wildman–Crippen MR) is 36.3 cm³/mol. The molecule has 0 aromatic carbocycles. The molecule has 0 aliphatic carbocycles. The van der Waals surface area contributed by atoms with Gasteiger partial charge in [-0.05, 0) is 6.42 Å². The Morgan fingerprint density at radius 1 is 1.70 bits per heavy atom. The Balaban J connectivity index is 0. The van der Waals surface area contributed by atoms with E-state index >= 15 is 0 Å². The van der Waals surface area contributed by atoms with Crippen molar-refractivity contribution in [3.63, 3.8) is 0 Å². The SMILES string of the molecule is C=CC(=O)O.CCC(O)O. The van der Waals surface area contributed by atoms with Crippen LogP contribution in [0.25, 0.3) is 0 Å². The molecule has 0 aliphatic rings. The second-order valence-electron chi connectivity index (χ2n) is 1.43. The van der Waals surface area contributed by atoms with Crippen LogP contribution in [0.1, 0.15) is 13.3 Å². The number of hydrogen-bond donors (Lipinski definition) is 3. The Labute approximate surface area is 59.4 Å². The van der Waals surface area contributed by atoms with Crippen LogP contribution in [0.5, 0.6) is 0 Å². The molecule has 0 fully saturated rings. The largest absolute Gasteiger partial charge is 0.478 e. The lowest BCUT2D eigenvalue weighted by atomic mass is 10.5. The van der Waals surface area contributed by atoms with Crippen LogP contribution in [0.2, 0.25) is 0 Å². The summed E-state index contributed by atoms with van der Waals surface area (Å²) in [6.07, 6.45) is 0.134. The molecule has 0 saturated heterocycles. The number of rotatable bonds is 2. The van der Waals surface area contributed by atoms with E-state index in [2.05, 4.69) is 6.58 Å². The van der Waals surface area contributed by atoms with Gasteiger partial charge < -0.3 is 15.3 Å². The van der Waals surface area contributed by atoms with Crippen molar-refractivity contribution in [3.05, 3.63) is 12.7 Å². The topological polar surface area (TPSA) is 77.8 Å². The second kappa shape index (κ2) is 8.13. The lowest BCUT2D eigenvalue weighted by molar-refractivity contribution is -0.131. The van der Waals surface area contributed by atoms with E-state index < -0.39 is 12.3 Å². The highest BCUT2D eigenvalue weighted by Crippen LogP contribution is 1.77. The van der Waals surface area contributed by atoms with Crippen molar-refractivity contribution in [2.45, 2.75) is 19.6 Å². The van der Waals surface area contributed by atoms with Gasteiger partial charge in [-0.25, -0.2) is 4.79 Å². The van der Waals surface area contributed by atoms with Crippen molar-refractivity contribution >= 4 is 5.97 Å². The van der Waals surface area contributed by atoms with Crippen molar-refractivity contribution in [1.82, 2.24) is 0 Å². The molecular weight excluding hydrogens is 136 g/mol. The minimum Gasteiger partial charge on any atom is -0.478 e. The molecule has 0 aromatic heterocycles. The molecular formula is C6H12O4. The smallest absolute Gasteiger partial charge is 0.327 e. The van der Waals surface area contributed by atoms with Gasteiger partial charge in [-0.1, -0.05) is 13.5 Å². The van der Waals surface area contributed by atoms with E-state index in [9.17, 15) is 4.79 Å². The summed E-state index contributed by atoms with van der Waals surface area (Å²) >= 11 is 0. The van der Waals surface area contributed by atoms with Crippen molar-refractivity contribution in [1.29, 1.82) is 0 Å². The van der Waals surface area contributed by atoms with Crippen molar-refractivity contribution < 1.29 is 20.1 Å². The molecule has 0 aromatic rings. The van der Waals surface area contributed by atoms with E-state index in [0.29, 0.717) is 6.42 Å². The van der Waals surface area contributed by atoms with Gasteiger partial charge in [-0.3, -0.25) is 0 Å². The van der Waals surface area contributed by atoms with E-state index in [4.69, 9.17) is 15.3 Å². The normalized spacial score (nSPS) is 8.00. The minimum atomic E-state index is -1.12. The molecule has 10 heavy (non-hydrogen) atoms. The van der Waals surface area contributed by atoms with E-state index in [-0.39, 0.29) is 0 Å². The maximum atomic E-state index is 9.25. The molecule has 0 spiro atoms. The quantitative estimate of drug-likeness (QED) is 0.379. The number of aliphatic carboxylic acids is 1. The lowest BCUT2D eigenvalue weighted by Gasteiger charge is -1.90. The molecule has 0 saturated carbocycles. The maximum Gasteiger partial charge on any atom is 0.327 e. The van der Waals surface area contributed by atoms with E-state index in [0.717, 1.165) is 6.08 Å².